The Hall–Kier alpha value is -2.54. The molecule has 0 aliphatic rings. The highest BCUT2D eigenvalue weighted by Crippen LogP contribution is 2.32. The summed E-state index contributed by atoms with van der Waals surface area (Å²) >= 11 is 16.5. The monoisotopic (exact) mass is 618 g/mol. The molecule has 0 saturated carbocycles. The lowest BCUT2D eigenvalue weighted by atomic mass is 9.87. The van der Waals surface area contributed by atoms with Crippen molar-refractivity contribution in [2.75, 3.05) is 13.2 Å². The summed E-state index contributed by atoms with van der Waals surface area (Å²) < 4.78 is 6.70. The number of hydrogen-bond donors (Lipinski definition) is 1. The largest absolute Gasteiger partial charge is 0.483 e. The maximum atomic E-state index is 13.7. The van der Waals surface area contributed by atoms with E-state index in [4.69, 9.17) is 27.9 Å². The Labute approximate surface area is 243 Å². The van der Waals surface area contributed by atoms with Crippen molar-refractivity contribution < 1.29 is 14.3 Å². The molecule has 0 radical (unpaired) electrons. The van der Waals surface area contributed by atoms with Crippen LogP contribution in [0.1, 0.15) is 44.4 Å². The minimum absolute atomic E-state index is 0.0286. The summed E-state index contributed by atoms with van der Waals surface area (Å²) in [6.45, 7) is 8.46. The molecule has 3 aromatic rings. The zero-order valence-corrected chi connectivity index (χ0v) is 25.2. The second-order valence-electron chi connectivity index (χ2n) is 10.0. The number of carbonyl (C=O) groups excluding carboxylic acids is 2. The molecular weight excluding hydrogens is 587 g/mol. The molecule has 3 aromatic carbocycles. The van der Waals surface area contributed by atoms with E-state index in [0.29, 0.717) is 34.3 Å². The fourth-order valence-corrected chi connectivity index (χ4v) is 5.02. The number of nitrogens with zero attached hydrogens (tertiary/aromatic N) is 1. The van der Waals surface area contributed by atoms with Gasteiger partial charge in [-0.15, -0.1) is 0 Å². The van der Waals surface area contributed by atoms with Crippen molar-refractivity contribution in [1.82, 2.24) is 10.2 Å². The highest BCUT2D eigenvalue weighted by Gasteiger charge is 2.31. The number of amides is 2. The molecule has 3 rings (SSSR count). The average Bonchev–Trinajstić information content (AvgIpc) is 2.87. The van der Waals surface area contributed by atoms with Gasteiger partial charge in [0.2, 0.25) is 5.91 Å². The fourth-order valence-electron chi connectivity index (χ4n) is 4.01. The van der Waals surface area contributed by atoms with Gasteiger partial charge in [-0.1, -0.05) is 86.4 Å². The number of likely N-dealkylation sites (N-methyl/N-ethyl adjacent to an activating group) is 1. The van der Waals surface area contributed by atoms with Crippen LogP contribution in [0.2, 0.25) is 10.0 Å². The Morgan fingerprint density at radius 3 is 2.24 bits per heavy atom. The van der Waals surface area contributed by atoms with Crippen molar-refractivity contribution in [2.45, 2.75) is 52.1 Å². The second kappa shape index (κ2) is 13.5. The molecule has 0 spiro atoms. The number of halogens is 3. The van der Waals surface area contributed by atoms with Crippen LogP contribution in [0.25, 0.3) is 0 Å². The number of nitrogens with one attached hydrogen (secondary N) is 1. The van der Waals surface area contributed by atoms with Gasteiger partial charge in [0.1, 0.15) is 11.8 Å². The van der Waals surface area contributed by atoms with Gasteiger partial charge in [0, 0.05) is 35.1 Å². The minimum atomic E-state index is -0.799. The van der Waals surface area contributed by atoms with Gasteiger partial charge >= 0.3 is 0 Å². The van der Waals surface area contributed by atoms with Crippen molar-refractivity contribution in [3.05, 3.63) is 97.9 Å². The number of hydrogen-bond acceptors (Lipinski definition) is 3. The first kappa shape index (κ1) is 30.0. The zero-order chi connectivity index (χ0) is 27.9. The third-order valence-electron chi connectivity index (χ3n) is 6.16. The van der Waals surface area contributed by atoms with Crippen LogP contribution >= 0.6 is 39.1 Å². The molecule has 0 heterocycles. The first-order valence-corrected chi connectivity index (χ1v) is 14.0. The van der Waals surface area contributed by atoms with Crippen LogP contribution in [-0.4, -0.2) is 35.9 Å². The summed E-state index contributed by atoms with van der Waals surface area (Å²) in [5.74, 6) is -0.0803. The third-order valence-corrected chi connectivity index (χ3v) is 7.49. The number of rotatable bonds is 10. The van der Waals surface area contributed by atoms with E-state index < -0.39 is 6.04 Å². The van der Waals surface area contributed by atoms with Crippen molar-refractivity contribution in [3.63, 3.8) is 0 Å². The van der Waals surface area contributed by atoms with Crippen LogP contribution in [-0.2, 0) is 28.0 Å². The van der Waals surface area contributed by atoms with Crippen LogP contribution in [0.5, 0.6) is 5.75 Å². The van der Waals surface area contributed by atoms with E-state index in [9.17, 15) is 9.59 Å². The van der Waals surface area contributed by atoms with Gasteiger partial charge in [0.05, 0.1) is 4.47 Å². The Balaban J connectivity index is 1.93. The predicted octanol–water partition coefficient (Wildman–Crippen LogP) is 7.21. The van der Waals surface area contributed by atoms with E-state index in [1.807, 2.05) is 55.5 Å². The van der Waals surface area contributed by atoms with Crippen molar-refractivity contribution in [1.29, 1.82) is 0 Å². The number of carbonyl (C=O) groups is 2. The average molecular weight is 620 g/mol. The Kier molecular flexibility index (Phi) is 10.7. The number of ether oxygens (including phenoxy) is 1. The number of benzene rings is 3. The Bertz CT molecular complexity index is 1240. The molecule has 1 unspecified atom stereocenters. The third kappa shape index (κ3) is 7.98. The van der Waals surface area contributed by atoms with Gasteiger partial charge in [0.25, 0.3) is 5.91 Å². The highest BCUT2D eigenvalue weighted by atomic mass is 79.9. The highest BCUT2D eigenvalue weighted by molar-refractivity contribution is 9.10. The van der Waals surface area contributed by atoms with Gasteiger partial charge in [-0.25, -0.2) is 0 Å². The Morgan fingerprint density at radius 2 is 1.66 bits per heavy atom. The predicted molar refractivity (Wildman–Crippen MR) is 158 cm³/mol. The molecule has 0 aliphatic heterocycles. The molecular formula is C30H33BrCl2N2O3. The van der Waals surface area contributed by atoms with E-state index >= 15 is 0 Å². The molecule has 0 bridgehead atoms. The topological polar surface area (TPSA) is 58.6 Å². The summed E-state index contributed by atoms with van der Waals surface area (Å²) in [5, 5.41) is 3.72. The van der Waals surface area contributed by atoms with Crippen LogP contribution in [0, 0.1) is 0 Å². The fraction of sp³-hybridized carbons (Fsp3) is 0.333. The molecule has 8 heteroatoms. The van der Waals surface area contributed by atoms with E-state index in [1.165, 1.54) is 4.90 Å². The smallest absolute Gasteiger partial charge is 0.261 e. The molecule has 1 N–H and O–H groups in total. The van der Waals surface area contributed by atoms with E-state index in [2.05, 4.69) is 42.0 Å². The summed E-state index contributed by atoms with van der Waals surface area (Å²) in [6.07, 6.45) is 0.324. The molecule has 1 atom stereocenters. The molecule has 38 heavy (non-hydrogen) atoms. The lowest BCUT2D eigenvalue weighted by Crippen LogP contribution is -2.51. The first-order valence-electron chi connectivity index (χ1n) is 12.5. The molecule has 202 valence electrons. The van der Waals surface area contributed by atoms with Gasteiger partial charge in [-0.3, -0.25) is 9.59 Å². The molecule has 2 amide bonds. The van der Waals surface area contributed by atoms with E-state index in [-0.39, 0.29) is 30.4 Å². The SMILES string of the molecule is CCNC(=O)C(Cc1ccccc1)N(Cc1c(Cl)cccc1Cl)C(=O)COc1ccc(C(C)(C)C)cc1Br. The summed E-state index contributed by atoms with van der Waals surface area (Å²) in [4.78, 5) is 28.5. The molecule has 5 nitrogen and oxygen atoms in total. The van der Waals surface area contributed by atoms with Gasteiger partial charge in [-0.05, 0) is 63.7 Å². The lowest BCUT2D eigenvalue weighted by molar-refractivity contribution is -0.142. The van der Waals surface area contributed by atoms with Crippen molar-refractivity contribution in [3.8, 4) is 5.75 Å². The van der Waals surface area contributed by atoms with E-state index in [0.717, 1.165) is 15.6 Å². The van der Waals surface area contributed by atoms with E-state index in [1.54, 1.807) is 18.2 Å². The maximum Gasteiger partial charge on any atom is 0.261 e. The van der Waals surface area contributed by atoms with Crippen LogP contribution in [0.15, 0.2) is 71.2 Å². The quantitative estimate of drug-likeness (QED) is 0.261. The second-order valence-corrected chi connectivity index (χ2v) is 11.7. The van der Waals surface area contributed by atoms with Crippen molar-refractivity contribution in [2.24, 2.45) is 0 Å². The maximum absolute atomic E-state index is 13.7. The van der Waals surface area contributed by atoms with Gasteiger partial charge in [0.15, 0.2) is 6.61 Å². The molecule has 0 saturated heterocycles. The van der Waals surface area contributed by atoms with Crippen LogP contribution < -0.4 is 10.1 Å². The summed E-state index contributed by atoms with van der Waals surface area (Å²) in [6, 6.07) is 19.8. The molecule has 0 aliphatic carbocycles. The molecule has 0 aromatic heterocycles. The van der Waals surface area contributed by atoms with Crippen molar-refractivity contribution >= 4 is 50.9 Å². The van der Waals surface area contributed by atoms with Gasteiger partial charge in [-0.2, -0.15) is 0 Å². The lowest BCUT2D eigenvalue weighted by Gasteiger charge is -2.32. The minimum Gasteiger partial charge on any atom is -0.483 e. The normalized spacial score (nSPS) is 12.1. The standard InChI is InChI=1S/C30H33BrCl2N2O3/c1-5-34-29(37)26(16-20-10-7-6-8-11-20)35(18-22-24(32)12-9-13-25(22)33)28(36)19-38-27-15-14-21(17-23(27)31)30(2,3)4/h6-15,17,26H,5,16,18-19H2,1-4H3,(H,34,37). The van der Waals surface area contributed by atoms with Crippen LogP contribution in [0.4, 0.5) is 0 Å². The summed E-state index contributed by atoms with van der Waals surface area (Å²) in [7, 11) is 0. The summed E-state index contributed by atoms with van der Waals surface area (Å²) in [5.41, 5.74) is 2.60. The Morgan fingerprint density at radius 1 is 1.00 bits per heavy atom. The zero-order valence-electron chi connectivity index (χ0n) is 22.1. The van der Waals surface area contributed by atoms with Gasteiger partial charge < -0.3 is 15.0 Å². The first-order chi connectivity index (χ1) is 18.0. The molecule has 0 fully saturated rings. The van der Waals surface area contributed by atoms with Crippen LogP contribution in [0.3, 0.4) is 0 Å².